The Kier molecular flexibility index (Phi) is 4.88. The quantitative estimate of drug-likeness (QED) is 0.756. The van der Waals surface area contributed by atoms with E-state index in [1.807, 2.05) is 53.5 Å². The molecule has 3 rings (SSSR count). The number of carbonyl (C=O) groups excluding carboxylic acids is 1. The van der Waals surface area contributed by atoms with Gasteiger partial charge in [0.2, 0.25) is 5.91 Å². The van der Waals surface area contributed by atoms with Gasteiger partial charge in [-0.2, -0.15) is 16.4 Å². The van der Waals surface area contributed by atoms with Crippen LogP contribution in [-0.4, -0.2) is 22.2 Å². The van der Waals surface area contributed by atoms with Crippen molar-refractivity contribution in [2.45, 2.75) is 19.4 Å². The number of benzene rings is 1. The van der Waals surface area contributed by atoms with Crippen LogP contribution in [0.3, 0.4) is 0 Å². The smallest absolute Gasteiger partial charge is 0.224 e. The average molecular weight is 325 g/mol. The van der Waals surface area contributed by atoms with Crippen LogP contribution in [0.1, 0.15) is 22.7 Å². The van der Waals surface area contributed by atoms with Crippen LogP contribution in [0.5, 0.6) is 0 Å². The van der Waals surface area contributed by atoms with Crippen LogP contribution in [-0.2, 0) is 11.2 Å². The highest BCUT2D eigenvalue weighted by Gasteiger charge is 2.15. The van der Waals surface area contributed by atoms with Crippen molar-refractivity contribution in [3.05, 3.63) is 76.2 Å². The molecule has 23 heavy (non-hydrogen) atoms. The SMILES string of the molecule is Cc1cccc(CC(=O)NCC(c2ccsc2)n2cccn2)c1. The molecule has 1 unspecified atom stereocenters. The molecule has 0 saturated heterocycles. The second-order valence-corrected chi connectivity index (χ2v) is 6.31. The van der Waals surface area contributed by atoms with Crippen molar-refractivity contribution in [2.24, 2.45) is 0 Å². The third-order valence-electron chi connectivity index (χ3n) is 3.71. The number of nitrogens with one attached hydrogen (secondary N) is 1. The van der Waals surface area contributed by atoms with Crippen LogP contribution in [0.15, 0.2) is 59.6 Å². The summed E-state index contributed by atoms with van der Waals surface area (Å²) < 4.78 is 1.88. The highest BCUT2D eigenvalue weighted by Crippen LogP contribution is 2.19. The first-order chi connectivity index (χ1) is 11.2. The summed E-state index contributed by atoms with van der Waals surface area (Å²) >= 11 is 1.65. The van der Waals surface area contributed by atoms with Gasteiger partial charge >= 0.3 is 0 Å². The lowest BCUT2D eigenvalue weighted by Crippen LogP contribution is -2.32. The van der Waals surface area contributed by atoms with E-state index in [1.165, 1.54) is 5.56 Å². The number of amides is 1. The molecule has 0 saturated carbocycles. The van der Waals surface area contributed by atoms with Gasteiger partial charge in [0.05, 0.1) is 12.5 Å². The van der Waals surface area contributed by atoms with Gasteiger partial charge in [0.15, 0.2) is 0 Å². The standard InChI is InChI=1S/C18H19N3OS/c1-14-4-2-5-15(10-14)11-18(22)19-12-17(16-6-9-23-13-16)21-8-3-7-20-21/h2-10,13,17H,11-12H2,1H3,(H,19,22). The molecule has 2 aromatic heterocycles. The molecule has 1 amide bonds. The zero-order valence-corrected chi connectivity index (χ0v) is 13.8. The zero-order valence-electron chi connectivity index (χ0n) is 13.0. The maximum absolute atomic E-state index is 12.2. The van der Waals surface area contributed by atoms with E-state index >= 15 is 0 Å². The first kappa shape index (κ1) is 15.5. The predicted octanol–water partition coefficient (Wildman–Crippen LogP) is 3.20. The summed E-state index contributed by atoms with van der Waals surface area (Å²) in [6.07, 6.45) is 4.08. The summed E-state index contributed by atoms with van der Waals surface area (Å²) in [5.41, 5.74) is 3.37. The summed E-state index contributed by atoms with van der Waals surface area (Å²) in [7, 11) is 0. The Labute approximate surface area is 139 Å². The Hall–Kier alpha value is -2.40. The lowest BCUT2D eigenvalue weighted by Gasteiger charge is -2.17. The molecule has 0 aliphatic carbocycles. The predicted molar refractivity (Wildman–Crippen MR) is 92.6 cm³/mol. The highest BCUT2D eigenvalue weighted by molar-refractivity contribution is 7.07. The molecule has 1 atom stereocenters. The molecule has 0 fully saturated rings. The Bertz CT molecular complexity index is 716. The summed E-state index contributed by atoms with van der Waals surface area (Å²) in [4.78, 5) is 12.2. The molecule has 0 bridgehead atoms. The summed E-state index contributed by atoms with van der Waals surface area (Å²) in [5.74, 6) is 0.0305. The molecule has 0 aliphatic heterocycles. The first-order valence-corrected chi connectivity index (χ1v) is 8.50. The molecule has 4 nitrogen and oxygen atoms in total. The lowest BCUT2D eigenvalue weighted by atomic mass is 10.1. The van der Waals surface area contributed by atoms with Gasteiger partial charge in [-0.3, -0.25) is 9.48 Å². The Morgan fingerprint density at radius 3 is 2.96 bits per heavy atom. The molecule has 0 spiro atoms. The fourth-order valence-corrected chi connectivity index (χ4v) is 3.28. The summed E-state index contributed by atoms with van der Waals surface area (Å²) in [5, 5.41) is 11.5. The lowest BCUT2D eigenvalue weighted by molar-refractivity contribution is -0.120. The Morgan fingerprint density at radius 1 is 1.35 bits per heavy atom. The second kappa shape index (κ2) is 7.24. The van der Waals surface area contributed by atoms with E-state index in [4.69, 9.17) is 0 Å². The van der Waals surface area contributed by atoms with Crippen molar-refractivity contribution < 1.29 is 4.79 Å². The van der Waals surface area contributed by atoms with E-state index in [9.17, 15) is 4.79 Å². The molecule has 0 radical (unpaired) electrons. The van der Waals surface area contributed by atoms with Crippen LogP contribution in [0.25, 0.3) is 0 Å². The first-order valence-electron chi connectivity index (χ1n) is 7.56. The zero-order chi connectivity index (χ0) is 16.1. The van der Waals surface area contributed by atoms with E-state index in [0.29, 0.717) is 13.0 Å². The largest absolute Gasteiger partial charge is 0.353 e. The van der Waals surface area contributed by atoms with Crippen LogP contribution in [0.2, 0.25) is 0 Å². The molecule has 0 aliphatic rings. The number of carbonyl (C=O) groups is 1. The summed E-state index contributed by atoms with van der Waals surface area (Å²) in [6, 6.07) is 12.0. The van der Waals surface area contributed by atoms with Crippen molar-refractivity contribution in [1.29, 1.82) is 0 Å². The number of aryl methyl sites for hydroxylation is 1. The van der Waals surface area contributed by atoms with Crippen LogP contribution in [0, 0.1) is 6.92 Å². The van der Waals surface area contributed by atoms with Crippen LogP contribution in [0.4, 0.5) is 0 Å². The van der Waals surface area contributed by atoms with Gasteiger partial charge < -0.3 is 5.32 Å². The fraction of sp³-hybridized carbons (Fsp3) is 0.222. The van der Waals surface area contributed by atoms with Crippen molar-refractivity contribution in [3.63, 3.8) is 0 Å². The molecule has 1 aromatic carbocycles. The number of hydrogen-bond donors (Lipinski definition) is 1. The number of thiophene rings is 1. The number of rotatable bonds is 6. The van der Waals surface area contributed by atoms with Gasteiger partial charge in [0.25, 0.3) is 0 Å². The number of aromatic nitrogens is 2. The molecular formula is C18H19N3OS. The third-order valence-corrected chi connectivity index (χ3v) is 4.41. The molecule has 2 heterocycles. The fourth-order valence-electron chi connectivity index (χ4n) is 2.57. The van der Waals surface area contributed by atoms with Crippen molar-refractivity contribution >= 4 is 17.2 Å². The maximum Gasteiger partial charge on any atom is 0.224 e. The van der Waals surface area contributed by atoms with Gasteiger partial charge in [-0.05, 0) is 40.9 Å². The molecule has 118 valence electrons. The van der Waals surface area contributed by atoms with E-state index in [2.05, 4.69) is 21.9 Å². The topological polar surface area (TPSA) is 46.9 Å². The van der Waals surface area contributed by atoms with E-state index < -0.39 is 0 Å². The molecule has 5 heteroatoms. The van der Waals surface area contributed by atoms with E-state index in [0.717, 1.165) is 11.1 Å². The highest BCUT2D eigenvalue weighted by atomic mass is 32.1. The van der Waals surface area contributed by atoms with Crippen LogP contribution < -0.4 is 5.32 Å². The van der Waals surface area contributed by atoms with Gasteiger partial charge in [-0.1, -0.05) is 29.8 Å². The van der Waals surface area contributed by atoms with Gasteiger partial charge in [-0.15, -0.1) is 0 Å². The number of nitrogens with zero attached hydrogens (tertiary/aromatic N) is 2. The summed E-state index contributed by atoms with van der Waals surface area (Å²) in [6.45, 7) is 2.56. The number of hydrogen-bond acceptors (Lipinski definition) is 3. The normalized spacial score (nSPS) is 12.0. The minimum Gasteiger partial charge on any atom is -0.353 e. The monoisotopic (exact) mass is 325 g/mol. The van der Waals surface area contributed by atoms with Crippen molar-refractivity contribution in [2.75, 3.05) is 6.54 Å². The van der Waals surface area contributed by atoms with Gasteiger partial charge in [-0.25, -0.2) is 0 Å². The molecular weight excluding hydrogens is 306 g/mol. The third kappa shape index (κ3) is 4.07. The van der Waals surface area contributed by atoms with E-state index in [-0.39, 0.29) is 11.9 Å². The van der Waals surface area contributed by atoms with Crippen molar-refractivity contribution in [1.82, 2.24) is 15.1 Å². The second-order valence-electron chi connectivity index (χ2n) is 5.53. The van der Waals surface area contributed by atoms with Crippen LogP contribution >= 0.6 is 11.3 Å². The Balaban J connectivity index is 1.64. The van der Waals surface area contributed by atoms with Gasteiger partial charge in [0, 0.05) is 18.9 Å². The molecule has 3 aromatic rings. The molecule has 1 N–H and O–H groups in total. The Morgan fingerprint density at radius 2 is 2.26 bits per heavy atom. The average Bonchev–Trinajstić information content (AvgIpc) is 3.21. The van der Waals surface area contributed by atoms with Crippen molar-refractivity contribution in [3.8, 4) is 0 Å². The minimum atomic E-state index is 0.0257. The minimum absolute atomic E-state index is 0.0257. The van der Waals surface area contributed by atoms with Gasteiger partial charge in [0.1, 0.15) is 0 Å². The maximum atomic E-state index is 12.2. The van der Waals surface area contributed by atoms with E-state index in [1.54, 1.807) is 17.5 Å².